The van der Waals surface area contributed by atoms with Crippen LogP contribution in [-0.4, -0.2) is 37.7 Å². The number of ether oxygens (including phenoxy) is 1. The topological polar surface area (TPSA) is 64.7 Å². The summed E-state index contributed by atoms with van der Waals surface area (Å²) in [5.74, 6) is 0.558. The predicted octanol–water partition coefficient (Wildman–Crippen LogP) is 4.50. The van der Waals surface area contributed by atoms with Gasteiger partial charge in [-0.05, 0) is 47.4 Å². The molecule has 0 atom stereocenters. The fourth-order valence-corrected chi connectivity index (χ4v) is 6.03. The smallest absolute Gasteiger partial charge is 0.352 e. The normalized spacial score (nSPS) is 13.7. The van der Waals surface area contributed by atoms with Gasteiger partial charge in [0.15, 0.2) is 5.65 Å². The molecule has 5 aromatic rings. The summed E-state index contributed by atoms with van der Waals surface area (Å²) in [7, 11) is 1.64. The van der Waals surface area contributed by atoms with Crippen molar-refractivity contribution in [2.45, 2.75) is 33.5 Å². The van der Waals surface area contributed by atoms with Crippen LogP contribution in [0.4, 0.5) is 4.39 Å². The molecule has 0 fully saturated rings. The van der Waals surface area contributed by atoms with Crippen molar-refractivity contribution in [3.05, 3.63) is 92.7 Å². The van der Waals surface area contributed by atoms with Crippen molar-refractivity contribution in [3.63, 3.8) is 0 Å². The van der Waals surface area contributed by atoms with E-state index in [0.29, 0.717) is 12.2 Å². The number of nitrogens with zero attached hydrogens (tertiary/aromatic N) is 5. The zero-order valence-corrected chi connectivity index (χ0v) is 19.4. The molecule has 7 nitrogen and oxygen atoms in total. The molecule has 0 N–H and O–H groups in total. The SMILES string of the molecule is C.COc1ccc(Cn2c(=O)n3ncnc3c3c4c(sc32)CN(Cc2ccc(F)cc2)CC4)cc1. The molecule has 1 aliphatic heterocycles. The van der Waals surface area contributed by atoms with Crippen LogP contribution in [0, 0.1) is 5.82 Å². The second-order valence-corrected chi connectivity index (χ2v) is 9.57. The van der Waals surface area contributed by atoms with Gasteiger partial charge in [0.1, 0.15) is 22.7 Å². The summed E-state index contributed by atoms with van der Waals surface area (Å²) < 4.78 is 21.8. The van der Waals surface area contributed by atoms with E-state index >= 15 is 0 Å². The molecular formula is C26H26FN5O2S. The summed E-state index contributed by atoms with van der Waals surface area (Å²) in [6, 6.07) is 14.4. The molecule has 0 bridgehead atoms. The van der Waals surface area contributed by atoms with Crippen molar-refractivity contribution >= 4 is 27.2 Å². The lowest BCUT2D eigenvalue weighted by Gasteiger charge is -2.26. The standard InChI is InChI=1S/C25H22FN5O2S.CH4/c1-33-19-8-4-17(5-9-19)13-30-24-22(23-27-15-28-31(23)25(30)32)20-10-11-29(14-21(20)34-24)12-16-2-6-18(26)7-3-16;/h2-9,15H,10-14H2,1H3;1H4. The molecule has 0 spiro atoms. The zero-order valence-electron chi connectivity index (χ0n) is 18.6. The molecule has 6 rings (SSSR count). The largest absolute Gasteiger partial charge is 0.497 e. The van der Waals surface area contributed by atoms with Crippen molar-refractivity contribution in [2.24, 2.45) is 0 Å². The minimum Gasteiger partial charge on any atom is -0.497 e. The number of thiophene rings is 1. The van der Waals surface area contributed by atoms with E-state index in [1.54, 1.807) is 23.0 Å². The molecule has 9 heteroatoms. The van der Waals surface area contributed by atoms with Gasteiger partial charge in [0, 0.05) is 24.5 Å². The van der Waals surface area contributed by atoms with Gasteiger partial charge in [-0.2, -0.15) is 9.61 Å². The zero-order chi connectivity index (χ0) is 23.2. The Morgan fingerprint density at radius 1 is 1.06 bits per heavy atom. The van der Waals surface area contributed by atoms with E-state index in [-0.39, 0.29) is 18.9 Å². The van der Waals surface area contributed by atoms with E-state index < -0.39 is 0 Å². The van der Waals surface area contributed by atoms with E-state index in [1.165, 1.54) is 33.4 Å². The van der Waals surface area contributed by atoms with Gasteiger partial charge in [0.25, 0.3) is 0 Å². The summed E-state index contributed by atoms with van der Waals surface area (Å²) in [6.07, 6.45) is 2.31. The maximum Gasteiger partial charge on any atom is 0.352 e. The highest BCUT2D eigenvalue weighted by Crippen LogP contribution is 2.37. The Hall–Kier alpha value is -3.56. The third-order valence-electron chi connectivity index (χ3n) is 6.37. The number of methoxy groups -OCH3 is 1. The molecule has 0 saturated carbocycles. The molecule has 3 aromatic heterocycles. The first-order chi connectivity index (χ1) is 16.6. The average Bonchev–Trinajstić information content (AvgIpc) is 3.48. The van der Waals surface area contributed by atoms with Gasteiger partial charge in [0.2, 0.25) is 0 Å². The van der Waals surface area contributed by atoms with Crippen LogP contribution >= 0.6 is 11.3 Å². The number of rotatable bonds is 5. The number of fused-ring (bicyclic) bond motifs is 5. The summed E-state index contributed by atoms with van der Waals surface area (Å²) in [6.45, 7) is 2.86. The second-order valence-electron chi connectivity index (χ2n) is 8.48. The van der Waals surface area contributed by atoms with Crippen molar-refractivity contribution < 1.29 is 9.13 Å². The molecule has 2 aromatic carbocycles. The van der Waals surface area contributed by atoms with E-state index in [4.69, 9.17) is 4.74 Å². The van der Waals surface area contributed by atoms with Crippen molar-refractivity contribution in [2.75, 3.05) is 13.7 Å². The van der Waals surface area contributed by atoms with Crippen LogP contribution in [0.2, 0.25) is 0 Å². The highest BCUT2D eigenvalue weighted by molar-refractivity contribution is 7.19. The average molecular weight is 492 g/mol. The Labute approximate surface area is 206 Å². The van der Waals surface area contributed by atoms with E-state index in [2.05, 4.69) is 15.0 Å². The maximum absolute atomic E-state index is 13.3. The lowest BCUT2D eigenvalue weighted by Crippen LogP contribution is -2.29. The van der Waals surface area contributed by atoms with Crippen LogP contribution in [0.3, 0.4) is 0 Å². The highest BCUT2D eigenvalue weighted by atomic mass is 32.1. The third kappa shape index (κ3) is 4.11. The molecule has 0 saturated heterocycles. The Kier molecular flexibility index (Phi) is 6.12. The molecule has 0 amide bonds. The molecule has 0 unspecified atom stereocenters. The summed E-state index contributed by atoms with van der Waals surface area (Å²) in [5, 5.41) is 5.24. The molecule has 180 valence electrons. The van der Waals surface area contributed by atoms with Gasteiger partial charge >= 0.3 is 5.69 Å². The lowest BCUT2D eigenvalue weighted by atomic mass is 10.0. The van der Waals surface area contributed by atoms with Crippen molar-refractivity contribution in [1.82, 2.24) is 24.1 Å². The Morgan fingerprint density at radius 2 is 1.77 bits per heavy atom. The number of hydrogen-bond acceptors (Lipinski definition) is 6. The van der Waals surface area contributed by atoms with Gasteiger partial charge in [-0.15, -0.1) is 11.3 Å². The number of aromatic nitrogens is 4. The van der Waals surface area contributed by atoms with Crippen LogP contribution in [0.1, 0.15) is 29.0 Å². The first-order valence-electron chi connectivity index (χ1n) is 11.1. The quantitative estimate of drug-likeness (QED) is 0.362. The molecule has 35 heavy (non-hydrogen) atoms. The predicted molar refractivity (Wildman–Crippen MR) is 136 cm³/mol. The lowest BCUT2D eigenvalue weighted by molar-refractivity contribution is 0.249. The number of benzene rings is 2. The van der Waals surface area contributed by atoms with Gasteiger partial charge in [-0.25, -0.2) is 14.2 Å². The van der Waals surface area contributed by atoms with Crippen LogP contribution in [0.15, 0.2) is 59.7 Å². The van der Waals surface area contributed by atoms with Crippen LogP contribution < -0.4 is 10.4 Å². The van der Waals surface area contributed by atoms with E-state index in [0.717, 1.165) is 53.1 Å². The highest BCUT2D eigenvalue weighted by Gasteiger charge is 2.26. The van der Waals surface area contributed by atoms with Crippen LogP contribution in [0.5, 0.6) is 5.75 Å². The van der Waals surface area contributed by atoms with Crippen LogP contribution in [0.25, 0.3) is 15.9 Å². The van der Waals surface area contributed by atoms with Gasteiger partial charge in [-0.1, -0.05) is 31.7 Å². The first-order valence-corrected chi connectivity index (χ1v) is 11.9. The van der Waals surface area contributed by atoms with Crippen molar-refractivity contribution in [3.8, 4) is 5.75 Å². The van der Waals surface area contributed by atoms with Crippen LogP contribution in [-0.2, 0) is 26.1 Å². The van der Waals surface area contributed by atoms with E-state index in [1.807, 2.05) is 36.4 Å². The van der Waals surface area contributed by atoms with Gasteiger partial charge in [-0.3, -0.25) is 9.47 Å². The molecule has 0 aliphatic carbocycles. The fourth-order valence-electron chi connectivity index (χ4n) is 4.65. The molecule has 0 radical (unpaired) electrons. The van der Waals surface area contributed by atoms with Crippen molar-refractivity contribution in [1.29, 1.82) is 0 Å². The van der Waals surface area contributed by atoms with E-state index in [9.17, 15) is 9.18 Å². The minimum atomic E-state index is -0.221. The summed E-state index contributed by atoms with van der Waals surface area (Å²) >= 11 is 1.66. The Bertz CT molecular complexity index is 1550. The fraction of sp³-hybridized carbons (Fsp3) is 0.269. The maximum atomic E-state index is 13.3. The second kappa shape index (κ2) is 9.24. The minimum absolute atomic E-state index is 0. The molecule has 1 aliphatic rings. The first kappa shape index (κ1) is 23.2. The van der Waals surface area contributed by atoms with Gasteiger partial charge < -0.3 is 4.74 Å². The van der Waals surface area contributed by atoms with Gasteiger partial charge in [0.05, 0.1) is 19.0 Å². The molecule has 4 heterocycles. The number of hydrogen-bond donors (Lipinski definition) is 0. The Balaban J connectivity index is 0.00000253. The summed E-state index contributed by atoms with van der Waals surface area (Å²) in [4.78, 5) is 22.3. The third-order valence-corrected chi connectivity index (χ3v) is 7.60. The number of halogens is 1. The summed E-state index contributed by atoms with van der Waals surface area (Å²) in [5.41, 5.74) is 3.76. The Morgan fingerprint density at radius 3 is 2.51 bits per heavy atom. The monoisotopic (exact) mass is 491 g/mol. The molecular weight excluding hydrogens is 465 g/mol.